The van der Waals surface area contributed by atoms with Crippen LogP contribution in [0.1, 0.15) is 111 Å². The third-order valence-electron chi connectivity index (χ3n) is 12.3. The molecule has 2 aromatic heterocycles. The van der Waals surface area contributed by atoms with Gasteiger partial charge < -0.3 is 5.11 Å². The van der Waals surface area contributed by atoms with Crippen molar-refractivity contribution in [1.29, 1.82) is 0 Å². The first-order chi connectivity index (χ1) is 29.6. The first-order valence-electron chi connectivity index (χ1n) is 22.3. The molecule has 0 aliphatic rings. The second kappa shape index (κ2) is 17.1. The van der Waals surface area contributed by atoms with Crippen LogP contribution in [-0.4, -0.2) is 19.6 Å². The van der Waals surface area contributed by atoms with E-state index in [9.17, 15) is 5.11 Å². The molecule has 64 heavy (non-hydrogen) atoms. The fourth-order valence-corrected chi connectivity index (χ4v) is 8.46. The van der Waals surface area contributed by atoms with E-state index in [0.29, 0.717) is 11.4 Å². The number of nitrogens with zero attached hydrogens (tertiary/aromatic N) is 3. The number of phenols is 1. The van der Waals surface area contributed by atoms with Crippen LogP contribution >= 0.6 is 0 Å². The van der Waals surface area contributed by atoms with Gasteiger partial charge in [-0.2, -0.15) is 0 Å². The number of imidazole rings is 1. The third kappa shape index (κ3) is 9.18. The van der Waals surface area contributed by atoms with Gasteiger partial charge in [0.05, 0.1) is 16.6 Å². The van der Waals surface area contributed by atoms with Gasteiger partial charge >= 0.3 is 0 Å². The summed E-state index contributed by atoms with van der Waals surface area (Å²) in [7, 11) is 0. The monoisotopic (exact) mass is 1020 g/mol. The van der Waals surface area contributed by atoms with Gasteiger partial charge in [0.25, 0.3) is 0 Å². The summed E-state index contributed by atoms with van der Waals surface area (Å²) in [5, 5.41) is 12.6. The van der Waals surface area contributed by atoms with E-state index >= 15 is 0 Å². The maximum Gasteiger partial charge on any atom is 0.148 e. The van der Waals surface area contributed by atoms with Crippen LogP contribution in [0.3, 0.4) is 0 Å². The number of rotatable bonds is 6. The summed E-state index contributed by atoms with van der Waals surface area (Å²) in [6, 6.07) is 49.5. The Morgan fingerprint density at radius 2 is 1.09 bits per heavy atom. The summed E-state index contributed by atoms with van der Waals surface area (Å²) >= 11 is 0. The molecule has 6 aromatic carbocycles. The van der Waals surface area contributed by atoms with Gasteiger partial charge in [-0.05, 0) is 97.9 Å². The van der Waals surface area contributed by atoms with E-state index in [4.69, 9.17) is 9.97 Å². The van der Waals surface area contributed by atoms with Crippen molar-refractivity contribution in [3.63, 3.8) is 0 Å². The van der Waals surface area contributed by atoms with Gasteiger partial charge in [-0.1, -0.05) is 179 Å². The Labute approximate surface area is 396 Å². The molecule has 0 spiro atoms. The molecule has 0 aliphatic heterocycles. The van der Waals surface area contributed by atoms with Crippen molar-refractivity contribution in [2.75, 3.05) is 0 Å². The number of aromatic hydroxyl groups is 1. The largest absolute Gasteiger partial charge is 0.507 e. The molecule has 0 saturated heterocycles. The van der Waals surface area contributed by atoms with E-state index in [0.717, 1.165) is 78.0 Å². The topological polar surface area (TPSA) is 50.9 Å². The smallest absolute Gasteiger partial charge is 0.148 e. The quantitative estimate of drug-likeness (QED) is 0.169. The van der Waals surface area contributed by atoms with Crippen LogP contribution in [-0.2, 0) is 42.7 Å². The molecule has 0 unspecified atom stereocenters. The number of aromatic nitrogens is 3. The standard InChI is InChI=1S/C59H62N3O.Pt/c1-37-26-27-60-51(28-37)40-23-19-22-39(29-40)48-30-41(47-25-18-17-24-46(47)38-20-15-14-16-21-38)31-52-53(48)61-55(49-35-44(58(8,9)10)36-50(54(49)63)59(11,12)13)62(52)45-33-42(56(2,3)4)32-43(34-45)57(5,6)7;/h14-28,30-36,63H,1-13H3;/q-1;. The Balaban J connectivity index is 0.00000612. The first kappa shape index (κ1) is 46.4. The summed E-state index contributed by atoms with van der Waals surface area (Å²) in [6.07, 6.45) is 1.86. The SMILES string of the molecule is Cc1ccnc(-c2[c-]c(-c3cc(-c4ccccc4-c4ccccc4)cc4c3nc(-c3cc(C(C)(C)C)cc(C(C)(C)C)c3O)n4-c3cc(C(C)(C)C)cc(C(C)(C)C)c3)ccc2)c1.[Pt]. The molecule has 0 radical (unpaired) electrons. The van der Waals surface area contributed by atoms with Crippen LogP contribution in [0.25, 0.3) is 72.7 Å². The average Bonchev–Trinajstić information content (AvgIpc) is 3.61. The van der Waals surface area contributed by atoms with Crippen LogP contribution < -0.4 is 0 Å². The number of benzene rings is 6. The summed E-state index contributed by atoms with van der Waals surface area (Å²) < 4.78 is 2.32. The van der Waals surface area contributed by atoms with Crippen LogP contribution in [0.5, 0.6) is 5.75 Å². The number of hydrogen-bond acceptors (Lipinski definition) is 3. The Morgan fingerprint density at radius 1 is 0.516 bits per heavy atom. The molecule has 0 atom stereocenters. The van der Waals surface area contributed by atoms with Gasteiger partial charge in [-0.25, -0.2) is 4.98 Å². The molecule has 0 bridgehead atoms. The minimum absolute atomic E-state index is 0. The van der Waals surface area contributed by atoms with Crippen molar-refractivity contribution in [3.8, 4) is 67.5 Å². The average molecular weight is 1020 g/mol. The number of hydrogen-bond donors (Lipinski definition) is 1. The fraction of sp³-hybridized carbons (Fsp3) is 0.288. The molecule has 5 heteroatoms. The minimum atomic E-state index is -0.332. The zero-order valence-corrected chi connectivity index (χ0v) is 42.1. The molecule has 0 saturated carbocycles. The van der Waals surface area contributed by atoms with E-state index in [-0.39, 0.29) is 48.5 Å². The van der Waals surface area contributed by atoms with E-state index in [1.165, 1.54) is 11.1 Å². The molecule has 8 rings (SSSR count). The van der Waals surface area contributed by atoms with Crippen molar-refractivity contribution in [3.05, 3.63) is 167 Å². The Hall–Kier alpha value is -5.57. The van der Waals surface area contributed by atoms with E-state index in [1.807, 2.05) is 12.3 Å². The summed E-state index contributed by atoms with van der Waals surface area (Å²) in [5.74, 6) is 0.946. The number of phenolic OH excluding ortho intramolecular Hbond substituents is 1. The molecule has 0 fully saturated rings. The van der Waals surface area contributed by atoms with Gasteiger partial charge in [0.15, 0.2) is 0 Å². The predicted molar refractivity (Wildman–Crippen MR) is 266 cm³/mol. The molecule has 0 amide bonds. The molecule has 1 N–H and O–H groups in total. The van der Waals surface area contributed by atoms with E-state index in [1.54, 1.807) is 0 Å². The fourth-order valence-electron chi connectivity index (χ4n) is 8.46. The first-order valence-corrected chi connectivity index (χ1v) is 22.3. The van der Waals surface area contributed by atoms with Crippen molar-refractivity contribution in [1.82, 2.24) is 14.5 Å². The molecule has 8 aromatic rings. The van der Waals surface area contributed by atoms with Crippen LogP contribution in [0, 0.1) is 13.0 Å². The van der Waals surface area contributed by atoms with Crippen molar-refractivity contribution in [2.45, 2.75) is 112 Å². The second-order valence-corrected chi connectivity index (χ2v) is 21.5. The number of fused-ring (bicyclic) bond motifs is 1. The van der Waals surface area contributed by atoms with Crippen molar-refractivity contribution >= 4 is 11.0 Å². The number of pyridine rings is 1. The van der Waals surface area contributed by atoms with E-state index < -0.39 is 0 Å². The Bertz CT molecular complexity index is 2970. The Morgan fingerprint density at radius 3 is 1.69 bits per heavy atom. The maximum atomic E-state index is 12.6. The summed E-state index contributed by atoms with van der Waals surface area (Å²) in [4.78, 5) is 10.5. The molecule has 2 heterocycles. The number of aryl methyl sites for hydroxylation is 1. The predicted octanol–water partition coefficient (Wildman–Crippen LogP) is 15.8. The molecule has 4 nitrogen and oxygen atoms in total. The summed E-state index contributed by atoms with van der Waals surface area (Å²) in [6.45, 7) is 29.0. The molecular formula is C59H62N3OPt-. The van der Waals surface area contributed by atoms with Crippen molar-refractivity contribution < 1.29 is 26.2 Å². The Kier molecular flexibility index (Phi) is 12.4. The van der Waals surface area contributed by atoms with Gasteiger partial charge in [-0.15, -0.1) is 29.8 Å². The molecule has 330 valence electrons. The van der Waals surface area contributed by atoms with Gasteiger partial charge in [0.2, 0.25) is 0 Å². The van der Waals surface area contributed by atoms with E-state index in [2.05, 4.69) is 222 Å². The van der Waals surface area contributed by atoms with Gasteiger partial charge in [-0.3, -0.25) is 9.55 Å². The normalized spacial score (nSPS) is 12.4. The zero-order valence-electron chi connectivity index (χ0n) is 39.8. The van der Waals surface area contributed by atoms with Crippen LogP contribution in [0.15, 0.2) is 134 Å². The molecule has 0 aliphatic carbocycles. The molecular weight excluding hydrogens is 962 g/mol. The minimum Gasteiger partial charge on any atom is -0.507 e. The third-order valence-corrected chi connectivity index (χ3v) is 12.3. The summed E-state index contributed by atoms with van der Waals surface area (Å²) in [5.41, 5.74) is 16.5. The van der Waals surface area contributed by atoms with Gasteiger partial charge in [0, 0.05) is 44.2 Å². The van der Waals surface area contributed by atoms with Crippen LogP contribution in [0.2, 0.25) is 0 Å². The second-order valence-electron chi connectivity index (χ2n) is 21.5. The maximum absolute atomic E-state index is 12.6. The van der Waals surface area contributed by atoms with Crippen LogP contribution in [0.4, 0.5) is 0 Å². The van der Waals surface area contributed by atoms with Gasteiger partial charge in [0.1, 0.15) is 11.6 Å². The van der Waals surface area contributed by atoms with Crippen molar-refractivity contribution in [2.24, 2.45) is 0 Å². The zero-order chi connectivity index (χ0) is 45.2.